The summed E-state index contributed by atoms with van der Waals surface area (Å²) in [6.07, 6.45) is 0.893. The Kier molecular flexibility index (Phi) is 3.24. The van der Waals surface area contributed by atoms with Gasteiger partial charge in [-0.2, -0.15) is 0 Å². The van der Waals surface area contributed by atoms with Crippen LogP contribution in [0.5, 0.6) is 0 Å². The maximum absolute atomic E-state index is 11.0. The van der Waals surface area contributed by atoms with Crippen molar-refractivity contribution in [2.24, 2.45) is 0 Å². The van der Waals surface area contributed by atoms with Crippen molar-refractivity contribution in [1.29, 1.82) is 0 Å². The topological polar surface area (TPSA) is 20.3 Å². The number of benzene rings is 2. The number of aldehydes is 1. The van der Waals surface area contributed by atoms with Crippen LogP contribution in [0.3, 0.4) is 0 Å². The molecule has 2 heteroatoms. The smallest absolute Gasteiger partial charge is 0.152 e. The molecule has 0 saturated carbocycles. The van der Waals surface area contributed by atoms with Gasteiger partial charge in [0, 0.05) is 18.3 Å². The summed E-state index contributed by atoms with van der Waals surface area (Å²) < 4.78 is 0. The van der Waals surface area contributed by atoms with Crippen molar-refractivity contribution in [3.63, 3.8) is 0 Å². The Morgan fingerprint density at radius 2 is 1.53 bits per heavy atom. The van der Waals surface area contributed by atoms with E-state index in [1.165, 1.54) is 5.56 Å². The molecule has 0 bridgehead atoms. The van der Waals surface area contributed by atoms with Crippen LogP contribution < -0.4 is 4.90 Å². The van der Waals surface area contributed by atoms with E-state index in [0.717, 1.165) is 17.7 Å². The fraction of sp³-hybridized carbons (Fsp3) is 0.133. The van der Waals surface area contributed by atoms with E-state index >= 15 is 0 Å². The van der Waals surface area contributed by atoms with E-state index in [1.54, 1.807) is 0 Å². The zero-order chi connectivity index (χ0) is 12.3. The Balaban J connectivity index is 2.47. The second-order valence-corrected chi connectivity index (χ2v) is 4.02. The molecule has 86 valence electrons. The molecule has 0 saturated heterocycles. The highest BCUT2D eigenvalue weighted by Gasteiger charge is 2.09. The van der Waals surface area contributed by atoms with Gasteiger partial charge < -0.3 is 4.90 Å². The van der Waals surface area contributed by atoms with E-state index in [2.05, 4.69) is 19.1 Å². The normalized spacial score (nSPS) is 10.0. The van der Waals surface area contributed by atoms with Crippen molar-refractivity contribution in [3.05, 3.63) is 59.7 Å². The van der Waals surface area contributed by atoms with E-state index in [4.69, 9.17) is 0 Å². The molecule has 2 aromatic carbocycles. The Hall–Kier alpha value is -2.09. The van der Waals surface area contributed by atoms with Crippen molar-refractivity contribution in [2.75, 3.05) is 11.9 Å². The van der Waals surface area contributed by atoms with Gasteiger partial charge in [0.2, 0.25) is 0 Å². The molecule has 0 radical (unpaired) electrons. The third-order valence-electron chi connectivity index (χ3n) is 2.90. The van der Waals surface area contributed by atoms with Gasteiger partial charge in [0.1, 0.15) is 0 Å². The van der Waals surface area contributed by atoms with Gasteiger partial charge in [-0.1, -0.05) is 30.3 Å². The van der Waals surface area contributed by atoms with Crippen LogP contribution in [0.25, 0.3) is 0 Å². The quantitative estimate of drug-likeness (QED) is 0.744. The lowest BCUT2D eigenvalue weighted by Crippen LogP contribution is -2.12. The Morgan fingerprint density at radius 3 is 2.18 bits per heavy atom. The summed E-state index contributed by atoms with van der Waals surface area (Å²) in [5.74, 6) is 0. The number of aryl methyl sites for hydroxylation is 1. The van der Waals surface area contributed by atoms with Crippen molar-refractivity contribution < 1.29 is 4.79 Å². The SMILES string of the molecule is Cc1ccccc1N(C)c1ccccc1C=O. The Labute approximate surface area is 102 Å². The van der Waals surface area contributed by atoms with E-state index in [1.807, 2.05) is 48.3 Å². The number of hydrogen-bond donors (Lipinski definition) is 0. The molecule has 0 amide bonds. The van der Waals surface area contributed by atoms with E-state index in [9.17, 15) is 4.79 Å². The lowest BCUT2D eigenvalue weighted by atomic mass is 10.1. The van der Waals surface area contributed by atoms with Crippen LogP contribution in [0.4, 0.5) is 11.4 Å². The first-order chi connectivity index (χ1) is 8.24. The summed E-state index contributed by atoms with van der Waals surface area (Å²) in [6, 6.07) is 15.7. The second-order valence-electron chi connectivity index (χ2n) is 4.02. The van der Waals surface area contributed by atoms with E-state index < -0.39 is 0 Å². The molecular weight excluding hydrogens is 210 g/mol. The van der Waals surface area contributed by atoms with E-state index in [0.29, 0.717) is 5.56 Å². The monoisotopic (exact) mass is 225 g/mol. The number of carbonyl (C=O) groups is 1. The fourth-order valence-electron chi connectivity index (χ4n) is 1.96. The lowest BCUT2D eigenvalue weighted by molar-refractivity contribution is 0.112. The van der Waals surface area contributed by atoms with Crippen molar-refractivity contribution in [2.45, 2.75) is 6.92 Å². The summed E-state index contributed by atoms with van der Waals surface area (Å²) >= 11 is 0. The van der Waals surface area contributed by atoms with Gasteiger partial charge in [-0.05, 0) is 30.7 Å². The molecule has 2 nitrogen and oxygen atoms in total. The minimum Gasteiger partial charge on any atom is -0.344 e. The van der Waals surface area contributed by atoms with Crippen LogP contribution in [0, 0.1) is 6.92 Å². The number of hydrogen-bond acceptors (Lipinski definition) is 2. The first kappa shape index (κ1) is 11.4. The lowest BCUT2D eigenvalue weighted by Gasteiger charge is -2.22. The van der Waals surface area contributed by atoms with Crippen LogP contribution in [-0.2, 0) is 0 Å². The molecule has 0 fully saturated rings. The van der Waals surface area contributed by atoms with E-state index in [-0.39, 0.29) is 0 Å². The highest BCUT2D eigenvalue weighted by Crippen LogP contribution is 2.28. The van der Waals surface area contributed by atoms with Crippen LogP contribution in [0.2, 0.25) is 0 Å². The Bertz CT molecular complexity index is 534. The minimum atomic E-state index is 0.707. The van der Waals surface area contributed by atoms with Gasteiger partial charge in [-0.25, -0.2) is 0 Å². The molecule has 0 spiro atoms. The fourth-order valence-corrected chi connectivity index (χ4v) is 1.96. The summed E-state index contributed by atoms with van der Waals surface area (Å²) in [4.78, 5) is 13.1. The highest BCUT2D eigenvalue weighted by atomic mass is 16.1. The first-order valence-electron chi connectivity index (χ1n) is 5.57. The van der Waals surface area contributed by atoms with Crippen LogP contribution in [-0.4, -0.2) is 13.3 Å². The van der Waals surface area contributed by atoms with Crippen molar-refractivity contribution >= 4 is 17.7 Å². The van der Waals surface area contributed by atoms with Crippen LogP contribution in [0.1, 0.15) is 15.9 Å². The Morgan fingerprint density at radius 1 is 0.941 bits per heavy atom. The maximum atomic E-state index is 11.0. The molecule has 0 unspecified atom stereocenters. The number of carbonyl (C=O) groups excluding carboxylic acids is 1. The summed E-state index contributed by atoms with van der Waals surface area (Å²) in [5, 5.41) is 0. The molecule has 0 aliphatic heterocycles. The van der Waals surface area contributed by atoms with Crippen molar-refractivity contribution in [1.82, 2.24) is 0 Å². The zero-order valence-corrected chi connectivity index (χ0v) is 10.1. The number of anilines is 2. The zero-order valence-electron chi connectivity index (χ0n) is 10.1. The van der Waals surface area contributed by atoms with Crippen LogP contribution in [0.15, 0.2) is 48.5 Å². The third kappa shape index (κ3) is 2.21. The minimum absolute atomic E-state index is 0.707. The molecule has 0 aromatic heterocycles. The molecule has 0 N–H and O–H groups in total. The summed E-state index contributed by atoms with van der Waals surface area (Å²) in [7, 11) is 1.98. The molecule has 2 rings (SSSR count). The van der Waals surface area contributed by atoms with Gasteiger partial charge in [0.25, 0.3) is 0 Å². The van der Waals surface area contributed by atoms with Gasteiger partial charge in [-0.15, -0.1) is 0 Å². The molecule has 0 atom stereocenters. The molecule has 17 heavy (non-hydrogen) atoms. The molecule has 0 aliphatic carbocycles. The molecule has 0 aliphatic rings. The van der Waals surface area contributed by atoms with Crippen LogP contribution >= 0.6 is 0 Å². The average molecular weight is 225 g/mol. The second kappa shape index (κ2) is 4.83. The van der Waals surface area contributed by atoms with Gasteiger partial charge in [0.15, 0.2) is 6.29 Å². The molecule has 0 heterocycles. The number of para-hydroxylation sites is 2. The summed E-state index contributed by atoms with van der Waals surface area (Å²) in [5.41, 5.74) is 3.94. The third-order valence-corrected chi connectivity index (χ3v) is 2.90. The predicted octanol–water partition coefficient (Wildman–Crippen LogP) is 3.58. The summed E-state index contributed by atoms with van der Waals surface area (Å²) in [6.45, 7) is 2.06. The average Bonchev–Trinajstić information content (AvgIpc) is 2.38. The van der Waals surface area contributed by atoms with Gasteiger partial charge in [-0.3, -0.25) is 4.79 Å². The number of nitrogens with zero attached hydrogens (tertiary/aromatic N) is 1. The molecule has 2 aromatic rings. The standard InChI is InChI=1S/C15H15NO/c1-12-7-3-5-9-14(12)16(2)15-10-6-4-8-13(15)11-17/h3-11H,1-2H3. The predicted molar refractivity (Wildman–Crippen MR) is 71.1 cm³/mol. The number of rotatable bonds is 3. The maximum Gasteiger partial charge on any atom is 0.152 e. The largest absolute Gasteiger partial charge is 0.344 e. The first-order valence-corrected chi connectivity index (χ1v) is 5.57. The van der Waals surface area contributed by atoms with Gasteiger partial charge >= 0.3 is 0 Å². The van der Waals surface area contributed by atoms with Gasteiger partial charge in [0.05, 0.1) is 5.69 Å². The highest BCUT2D eigenvalue weighted by molar-refractivity contribution is 5.86. The van der Waals surface area contributed by atoms with Crippen molar-refractivity contribution in [3.8, 4) is 0 Å². The molecular formula is C15H15NO.